The van der Waals surface area contributed by atoms with Crippen molar-refractivity contribution in [3.8, 4) is 23.7 Å². The molecular weight excluding hydrogens is 672 g/mol. The number of carboxylic acids is 1. The van der Waals surface area contributed by atoms with Crippen molar-refractivity contribution in [2.75, 3.05) is 29.4 Å². The number of terminal acetylenes is 1. The lowest BCUT2D eigenvalue weighted by atomic mass is 9.98. The summed E-state index contributed by atoms with van der Waals surface area (Å²) in [5.74, 6) is -0.722. The zero-order chi connectivity index (χ0) is 35.9. The van der Waals surface area contributed by atoms with Crippen LogP contribution in [0.25, 0.3) is 0 Å². The van der Waals surface area contributed by atoms with Crippen molar-refractivity contribution in [2.24, 2.45) is 5.41 Å². The minimum Gasteiger partial charge on any atom is -0.489 e. The summed E-state index contributed by atoms with van der Waals surface area (Å²) in [6.45, 7) is 5.79. The Labute approximate surface area is 265 Å². The average molecular weight is 706 g/mol. The number of carbonyl (C=O) groups excluding carboxylic acids is 1. The lowest BCUT2D eigenvalue weighted by Gasteiger charge is -2.30. The second-order valence-corrected chi connectivity index (χ2v) is 13.5. The molecule has 0 unspecified atom stereocenters. The van der Waals surface area contributed by atoms with E-state index >= 15 is 0 Å². The smallest absolute Gasteiger partial charge is 0.427 e. The highest BCUT2D eigenvalue weighted by Crippen LogP contribution is 2.41. The number of ether oxygens (including phenoxy) is 3. The van der Waals surface area contributed by atoms with Crippen LogP contribution >= 0.6 is 11.3 Å². The molecule has 1 aromatic heterocycles. The molecule has 0 fully saturated rings. The third kappa shape index (κ3) is 10.9. The average Bonchev–Trinajstić information content (AvgIpc) is 3.35. The van der Waals surface area contributed by atoms with Gasteiger partial charge in [0, 0.05) is 5.69 Å². The highest BCUT2D eigenvalue weighted by atomic mass is 32.2. The zero-order valence-electron chi connectivity index (χ0n) is 25.5. The van der Waals surface area contributed by atoms with Crippen LogP contribution in [-0.2, 0) is 26.0 Å². The van der Waals surface area contributed by atoms with Crippen molar-refractivity contribution in [3.05, 3.63) is 23.2 Å². The van der Waals surface area contributed by atoms with Gasteiger partial charge in [0.2, 0.25) is 15.7 Å². The normalized spacial score (nSPS) is 13.5. The second-order valence-electron chi connectivity index (χ2n) is 10.6. The van der Waals surface area contributed by atoms with E-state index in [1.807, 2.05) is 0 Å². The zero-order valence-corrected chi connectivity index (χ0v) is 27.1. The van der Waals surface area contributed by atoms with Gasteiger partial charge in [-0.3, -0.25) is 14.4 Å². The van der Waals surface area contributed by atoms with Crippen molar-refractivity contribution in [2.45, 2.75) is 70.9 Å². The van der Waals surface area contributed by atoms with Gasteiger partial charge in [-0.25, -0.2) is 9.78 Å². The van der Waals surface area contributed by atoms with Gasteiger partial charge in [0.15, 0.2) is 6.61 Å². The number of anilines is 2. The molecule has 0 spiro atoms. The van der Waals surface area contributed by atoms with Crippen molar-refractivity contribution in [1.29, 1.82) is 0 Å². The first-order valence-corrected chi connectivity index (χ1v) is 15.3. The number of benzene rings is 1. The fraction of sp³-hybridized carbons (Fsp3) is 0.519. The van der Waals surface area contributed by atoms with Gasteiger partial charge in [0.05, 0.1) is 22.7 Å². The second kappa shape index (κ2) is 15.1. The molecule has 0 saturated heterocycles. The number of hydrogen-bond donors (Lipinski definition) is 2. The van der Waals surface area contributed by atoms with Crippen LogP contribution in [0.2, 0.25) is 0 Å². The lowest BCUT2D eigenvalue weighted by Crippen LogP contribution is -2.44. The van der Waals surface area contributed by atoms with Crippen LogP contribution in [0.3, 0.4) is 0 Å². The number of nitrogens with one attached hydrogen (secondary N) is 1. The lowest BCUT2D eigenvalue weighted by molar-refractivity contribution is -0.242. The van der Waals surface area contributed by atoms with Crippen molar-refractivity contribution < 1.29 is 63.7 Å². The molecule has 2 heterocycles. The summed E-state index contributed by atoms with van der Waals surface area (Å²) in [4.78, 5) is 26.0. The molecule has 0 bridgehead atoms. The van der Waals surface area contributed by atoms with Gasteiger partial charge in [0.25, 0.3) is 10.0 Å². The van der Waals surface area contributed by atoms with Crippen LogP contribution in [0, 0.1) is 18.3 Å². The molecule has 0 atom stereocenters. The summed E-state index contributed by atoms with van der Waals surface area (Å²) in [7, 11) is -4.59. The van der Waals surface area contributed by atoms with E-state index in [9.17, 15) is 44.3 Å². The molecule has 0 radical (unpaired) electrons. The predicted molar refractivity (Wildman–Crippen MR) is 157 cm³/mol. The van der Waals surface area contributed by atoms with E-state index in [4.69, 9.17) is 14.6 Å². The highest BCUT2D eigenvalue weighted by Gasteiger charge is 2.51. The Bertz CT molecular complexity index is 1500. The number of aromatic nitrogens is 1. The first-order chi connectivity index (χ1) is 20.9. The Morgan fingerprint density at radius 3 is 2.15 bits per heavy atom. The first-order valence-electron chi connectivity index (χ1n) is 13.0. The van der Waals surface area contributed by atoms with E-state index < -0.39 is 62.2 Å². The van der Waals surface area contributed by atoms with E-state index in [-0.39, 0.29) is 41.7 Å². The molecule has 1 aromatic carbocycles. The number of carboxylic acid groups (broad SMARTS) is 1. The molecule has 46 heavy (non-hydrogen) atoms. The molecule has 2 N–H and O–H groups in total. The van der Waals surface area contributed by atoms with Crippen molar-refractivity contribution in [1.82, 2.24) is 4.98 Å². The summed E-state index contributed by atoms with van der Waals surface area (Å²) >= 11 is 0.655. The molecular formula is C27H33F6N3O8S2. The number of hydrogen-bond acceptors (Lipinski definition) is 9. The number of fused-ring (bicyclic) bond motifs is 1. The van der Waals surface area contributed by atoms with Crippen LogP contribution in [0.4, 0.5) is 42.5 Å². The van der Waals surface area contributed by atoms with Gasteiger partial charge in [-0.2, -0.15) is 34.8 Å². The van der Waals surface area contributed by atoms with Crippen LogP contribution in [-0.4, -0.2) is 68.3 Å². The molecule has 0 saturated carbocycles. The molecule has 1 aliphatic rings. The van der Waals surface area contributed by atoms with E-state index in [1.165, 1.54) is 12.1 Å². The number of nitrogens with zero attached hydrogens (tertiary/aromatic N) is 2. The monoisotopic (exact) mass is 705 g/mol. The minimum atomic E-state index is -4.85. The Hall–Kier alpha value is -3.92. The fourth-order valence-electron chi connectivity index (χ4n) is 2.94. The number of carbonyl (C=O) groups is 2. The van der Waals surface area contributed by atoms with Gasteiger partial charge in [0.1, 0.15) is 12.4 Å². The van der Waals surface area contributed by atoms with Gasteiger partial charge >= 0.3 is 24.4 Å². The highest BCUT2D eigenvalue weighted by molar-refractivity contribution is 7.93. The van der Waals surface area contributed by atoms with E-state index in [1.54, 1.807) is 27.7 Å². The molecule has 2 aromatic rings. The third-order valence-electron chi connectivity index (χ3n) is 5.51. The molecule has 11 nitrogen and oxygen atoms in total. The Kier molecular flexibility index (Phi) is 13.2. The number of rotatable bonds is 7. The number of thiazole rings is 1. The number of aliphatic carboxylic acids is 1. The van der Waals surface area contributed by atoms with Crippen molar-refractivity contribution >= 4 is 44.8 Å². The largest absolute Gasteiger partial charge is 0.489 e. The number of sulfonamides is 1. The topological polar surface area (TPSA) is 144 Å². The minimum absolute atomic E-state index is 0.0352. The molecule has 1 aliphatic heterocycles. The summed E-state index contributed by atoms with van der Waals surface area (Å²) < 4.78 is 119. The Morgan fingerprint density at radius 1 is 1.11 bits per heavy atom. The summed E-state index contributed by atoms with van der Waals surface area (Å²) in [6, 6.07) is 3.62. The number of aryl methyl sites for hydroxylation is 1. The number of alkyl halides is 6. The third-order valence-corrected chi connectivity index (χ3v) is 8.48. The van der Waals surface area contributed by atoms with Crippen LogP contribution in [0.5, 0.6) is 10.8 Å². The maximum absolute atomic E-state index is 13.5. The molecule has 258 valence electrons. The summed E-state index contributed by atoms with van der Waals surface area (Å²) in [5.41, 5.74) is -3.65. The van der Waals surface area contributed by atoms with Crippen molar-refractivity contribution in [3.63, 3.8) is 0 Å². The molecule has 3 rings (SSSR count). The van der Waals surface area contributed by atoms with Crippen LogP contribution < -0.4 is 19.1 Å². The SMILES string of the molecule is C#C.CC(C)(C)C(=O)O.CCc1nc(S(=O)(=O)N2CCOc3ccc(NC(=O)OC(C)(C)C(F)(F)F)cc32)c(OCC(F)(F)F)s1. The van der Waals surface area contributed by atoms with Gasteiger partial charge in [-0.1, -0.05) is 18.3 Å². The number of halogens is 6. The number of amides is 1. The maximum Gasteiger partial charge on any atom is 0.427 e. The van der Waals surface area contributed by atoms with Crippen LogP contribution in [0.15, 0.2) is 23.2 Å². The van der Waals surface area contributed by atoms with E-state index in [2.05, 4.69) is 27.9 Å². The maximum atomic E-state index is 13.5. The summed E-state index contributed by atoms with van der Waals surface area (Å²) in [5, 5.41) is 9.29. The standard InChI is InChI=1S/C20H21F6N3O6S2.C5H10O2.C2H2/c1-4-14-28-15(16(36-14)34-10-19(21,22)23)37(31,32)29-7-8-33-13-6-5-11(9-12(13)29)27-17(30)35-18(2,3)20(24,25)26;1-5(2,3)4(6)7;1-2/h5-6,9H,4,7-8,10H2,1-3H3,(H,27,30);1-3H3,(H,6,7);1-2H. The quantitative estimate of drug-likeness (QED) is 0.244. The van der Waals surface area contributed by atoms with Gasteiger partial charge < -0.3 is 19.3 Å². The molecule has 19 heteroatoms. The Morgan fingerprint density at radius 2 is 1.67 bits per heavy atom. The van der Waals surface area contributed by atoms with E-state index in [0.717, 1.165) is 10.4 Å². The predicted octanol–water partition coefficient (Wildman–Crippen LogP) is 6.49. The molecule has 1 amide bonds. The fourth-order valence-corrected chi connectivity index (χ4v) is 5.61. The van der Waals surface area contributed by atoms with Crippen LogP contribution in [0.1, 0.15) is 46.6 Å². The van der Waals surface area contributed by atoms with Gasteiger partial charge in [-0.15, -0.1) is 12.8 Å². The first kappa shape index (κ1) is 40.1. The summed E-state index contributed by atoms with van der Waals surface area (Å²) in [6.07, 6.45) is -2.80. The van der Waals surface area contributed by atoms with Gasteiger partial charge in [-0.05, 0) is 59.2 Å². The van der Waals surface area contributed by atoms with E-state index in [0.29, 0.717) is 25.2 Å². The Balaban J connectivity index is 0.00000104. The molecule has 0 aliphatic carbocycles.